The number of hydrogen-bond acceptors (Lipinski definition) is 2. The Morgan fingerprint density at radius 2 is 1.79 bits per heavy atom. The maximum atomic E-state index is 11.9. The first-order chi connectivity index (χ1) is 8.84. The highest BCUT2D eigenvalue weighted by atomic mass is 16.2. The fraction of sp³-hybridized carbons (Fsp3) is 0.500. The van der Waals surface area contributed by atoms with E-state index in [2.05, 4.69) is 38.2 Å². The van der Waals surface area contributed by atoms with Crippen molar-refractivity contribution in [3.05, 3.63) is 35.4 Å². The summed E-state index contributed by atoms with van der Waals surface area (Å²) in [5.74, 6) is -0.157. The molecule has 0 aliphatic carbocycles. The molecule has 0 heterocycles. The molecule has 0 aliphatic heterocycles. The van der Waals surface area contributed by atoms with E-state index in [1.807, 2.05) is 31.2 Å². The fourth-order valence-electron chi connectivity index (χ4n) is 1.75. The van der Waals surface area contributed by atoms with Crippen LogP contribution in [0.1, 0.15) is 63.4 Å². The van der Waals surface area contributed by atoms with Crippen molar-refractivity contribution >= 4 is 11.6 Å². The number of benzene rings is 1. The van der Waals surface area contributed by atoms with Crippen LogP contribution in [0.5, 0.6) is 0 Å². The first-order valence-corrected chi connectivity index (χ1v) is 6.78. The second kappa shape index (κ2) is 6.50. The zero-order valence-corrected chi connectivity index (χ0v) is 12.6. The van der Waals surface area contributed by atoms with Crippen molar-refractivity contribution in [2.45, 2.75) is 52.9 Å². The minimum Gasteiger partial charge on any atom is -0.267 e. The number of carbonyl (C=O) groups excluding carboxylic acids is 1. The Morgan fingerprint density at radius 3 is 2.26 bits per heavy atom. The summed E-state index contributed by atoms with van der Waals surface area (Å²) in [5.41, 5.74) is 5.50. The molecule has 0 saturated heterocycles. The van der Waals surface area contributed by atoms with Gasteiger partial charge < -0.3 is 0 Å². The predicted molar refractivity (Wildman–Crippen MR) is 80.6 cm³/mol. The van der Waals surface area contributed by atoms with E-state index >= 15 is 0 Å². The summed E-state index contributed by atoms with van der Waals surface area (Å²) in [4.78, 5) is 11.9. The molecule has 19 heavy (non-hydrogen) atoms. The predicted octanol–water partition coefficient (Wildman–Crippen LogP) is 3.89. The van der Waals surface area contributed by atoms with E-state index in [1.165, 1.54) is 5.56 Å². The average Bonchev–Trinajstić information content (AvgIpc) is 2.35. The maximum absolute atomic E-state index is 11.9. The molecular formula is C16H24N2O. The van der Waals surface area contributed by atoms with Gasteiger partial charge in [0, 0.05) is 11.3 Å². The summed E-state index contributed by atoms with van der Waals surface area (Å²) < 4.78 is 0. The van der Waals surface area contributed by atoms with Crippen molar-refractivity contribution in [2.75, 3.05) is 0 Å². The molecule has 1 amide bonds. The van der Waals surface area contributed by atoms with E-state index in [-0.39, 0.29) is 11.3 Å². The van der Waals surface area contributed by atoms with Crippen molar-refractivity contribution in [1.82, 2.24) is 5.43 Å². The van der Waals surface area contributed by atoms with E-state index in [1.54, 1.807) is 0 Å². The van der Waals surface area contributed by atoms with E-state index in [9.17, 15) is 4.79 Å². The second-order valence-electron chi connectivity index (χ2n) is 5.87. The third-order valence-corrected chi connectivity index (χ3v) is 2.97. The Balaban J connectivity index is 2.71. The van der Waals surface area contributed by atoms with Crippen molar-refractivity contribution in [3.8, 4) is 0 Å². The molecule has 0 spiro atoms. The van der Waals surface area contributed by atoms with Gasteiger partial charge in [0.15, 0.2) is 0 Å². The number of nitrogens with zero attached hydrogens (tertiary/aromatic N) is 1. The highest BCUT2D eigenvalue weighted by Gasteiger charge is 2.14. The molecule has 1 rings (SSSR count). The van der Waals surface area contributed by atoms with Gasteiger partial charge >= 0.3 is 0 Å². The highest BCUT2D eigenvalue weighted by molar-refractivity contribution is 5.95. The Labute approximate surface area is 116 Å². The Hall–Kier alpha value is -1.64. The molecular weight excluding hydrogens is 236 g/mol. The monoisotopic (exact) mass is 260 g/mol. The summed E-state index contributed by atoms with van der Waals surface area (Å²) in [6.45, 7) is 10.5. The van der Waals surface area contributed by atoms with E-state index < -0.39 is 0 Å². The van der Waals surface area contributed by atoms with Crippen LogP contribution in [0.4, 0.5) is 0 Å². The normalized spacial score (nSPS) is 12.4. The number of nitrogens with one attached hydrogen (secondary N) is 1. The van der Waals surface area contributed by atoms with Gasteiger partial charge in [-0.2, -0.15) is 5.10 Å². The van der Waals surface area contributed by atoms with Gasteiger partial charge in [-0.05, 0) is 36.5 Å². The van der Waals surface area contributed by atoms with Crippen molar-refractivity contribution in [2.24, 2.45) is 5.10 Å². The number of amides is 1. The lowest BCUT2D eigenvalue weighted by atomic mass is 9.87. The zero-order chi connectivity index (χ0) is 14.5. The Kier molecular flexibility index (Phi) is 5.28. The lowest BCUT2D eigenvalue weighted by Crippen LogP contribution is -2.19. The number of rotatable bonds is 4. The Morgan fingerprint density at radius 1 is 1.21 bits per heavy atom. The van der Waals surface area contributed by atoms with Gasteiger partial charge in [0.1, 0.15) is 0 Å². The van der Waals surface area contributed by atoms with Gasteiger partial charge in [-0.1, -0.05) is 46.2 Å². The molecule has 1 N–H and O–H groups in total. The third kappa shape index (κ3) is 4.86. The fourth-order valence-corrected chi connectivity index (χ4v) is 1.75. The molecule has 0 unspecified atom stereocenters. The van der Waals surface area contributed by atoms with E-state index in [0.717, 1.165) is 18.6 Å². The van der Waals surface area contributed by atoms with Crippen molar-refractivity contribution in [1.29, 1.82) is 0 Å². The van der Waals surface area contributed by atoms with Gasteiger partial charge in [0.05, 0.1) is 0 Å². The molecule has 1 aromatic rings. The van der Waals surface area contributed by atoms with E-state index in [4.69, 9.17) is 0 Å². The zero-order valence-electron chi connectivity index (χ0n) is 12.6. The molecule has 3 heteroatoms. The molecule has 104 valence electrons. The smallest absolute Gasteiger partial charge is 0.267 e. The Bertz CT molecular complexity index is 453. The second-order valence-corrected chi connectivity index (χ2v) is 5.87. The van der Waals surface area contributed by atoms with Gasteiger partial charge in [-0.3, -0.25) is 4.79 Å². The van der Waals surface area contributed by atoms with Crippen LogP contribution in [0.25, 0.3) is 0 Å². The molecule has 3 nitrogen and oxygen atoms in total. The number of carbonyl (C=O) groups is 1. The average molecular weight is 260 g/mol. The molecule has 0 aliphatic rings. The van der Waals surface area contributed by atoms with Crippen LogP contribution in [0.15, 0.2) is 29.4 Å². The van der Waals surface area contributed by atoms with Crippen LogP contribution >= 0.6 is 0 Å². The minimum atomic E-state index is -0.157. The lowest BCUT2D eigenvalue weighted by molar-refractivity contribution is 0.0954. The van der Waals surface area contributed by atoms with E-state index in [0.29, 0.717) is 5.56 Å². The topological polar surface area (TPSA) is 41.5 Å². The molecule has 1 aromatic carbocycles. The van der Waals surface area contributed by atoms with Crippen LogP contribution < -0.4 is 5.43 Å². The van der Waals surface area contributed by atoms with Crippen LogP contribution in [-0.4, -0.2) is 11.6 Å². The minimum absolute atomic E-state index is 0.102. The summed E-state index contributed by atoms with van der Waals surface area (Å²) in [7, 11) is 0. The first kappa shape index (κ1) is 15.4. The quantitative estimate of drug-likeness (QED) is 0.647. The molecule has 0 atom stereocenters. The molecule has 0 radical (unpaired) electrons. The summed E-state index contributed by atoms with van der Waals surface area (Å²) in [6, 6.07) is 7.69. The van der Waals surface area contributed by atoms with Crippen LogP contribution in [0.2, 0.25) is 0 Å². The largest absolute Gasteiger partial charge is 0.271 e. The number of hydrazone groups is 1. The van der Waals surface area contributed by atoms with Gasteiger partial charge in [-0.15, -0.1) is 0 Å². The summed E-state index contributed by atoms with van der Waals surface area (Å²) in [6.07, 6.45) is 1.94. The summed E-state index contributed by atoms with van der Waals surface area (Å²) in [5, 5.41) is 4.08. The van der Waals surface area contributed by atoms with Gasteiger partial charge in [-0.25, -0.2) is 5.43 Å². The SMILES string of the molecule is CCCC(C)=NNC(=O)c1ccc(C(C)(C)C)cc1. The lowest BCUT2D eigenvalue weighted by Gasteiger charge is -2.18. The van der Waals surface area contributed by atoms with Crippen molar-refractivity contribution < 1.29 is 4.79 Å². The van der Waals surface area contributed by atoms with Crippen molar-refractivity contribution in [3.63, 3.8) is 0 Å². The third-order valence-electron chi connectivity index (χ3n) is 2.97. The van der Waals surface area contributed by atoms with Gasteiger partial charge in [0.25, 0.3) is 5.91 Å². The highest BCUT2D eigenvalue weighted by Crippen LogP contribution is 2.22. The molecule has 0 bridgehead atoms. The molecule has 0 saturated carbocycles. The number of hydrogen-bond donors (Lipinski definition) is 1. The van der Waals surface area contributed by atoms with Crippen LogP contribution in [0, 0.1) is 0 Å². The van der Waals surface area contributed by atoms with Crippen LogP contribution in [-0.2, 0) is 5.41 Å². The standard InChI is InChI=1S/C16H24N2O/c1-6-7-12(2)17-18-15(19)13-8-10-14(11-9-13)16(3,4)5/h8-11H,6-7H2,1-5H3,(H,18,19). The first-order valence-electron chi connectivity index (χ1n) is 6.78. The van der Waals surface area contributed by atoms with Gasteiger partial charge in [0.2, 0.25) is 0 Å². The summed E-state index contributed by atoms with van der Waals surface area (Å²) >= 11 is 0. The van der Waals surface area contributed by atoms with Crippen LogP contribution in [0.3, 0.4) is 0 Å². The maximum Gasteiger partial charge on any atom is 0.271 e. The molecule has 0 fully saturated rings. The molecule has 0 aromatic heterocycles.